The van der Waals surface area contributed by atoms with Crippen LogP contribution in [0.5, 0.6) is 11.5 Å². The first kappa shape index (κ1) is 24.9. The smallest absolute Gasteiger partial charge is 0.328 e. The van der Waals surface area contributed by atoms with Gasteiger partial charge in [-0.1, -0.05) is 47.5 Å². The number of hydrogen-bond donors (Lipinski definition) is 3. The number of aromatic nitrogens is 1. The van der Waals surface area contributed by atoms with Gasteiger partial charge in [0.25, 0.3) is 5.91 Å². The lowest BCUT2D eigenvalue weighted by atomic mass is 10.2. The lowest BCUT2D eigenvalue weighted by Gasteiger charge is -2.15. The zero-order valence-corrected chi connectivity index (χ0v) is 20.6. The van der Waals surface area contributed by atoms with Crippen LogP contribution in [-0.4, -0.2) is 36.6 Å². The van der Waals surface area contributed by atoms with Crippen molar-refractivity contribution in [3.63, 3.8) is 0 Å². The fourth-order valence-corrected chi connectivity index (χ4v) is 3.82. The maximum atomic E-state index is 13.2. The Morgan fingerprint density at radius 1 is 0.778 bits per heavy atom. The zero-order chi connectivity index (χ0) is 25.8. The topological polar surface area (TPSA) is 111 Å². The number of para-hydroxylation sites is 3. The van der Waals surface area contributed by atoms with Crippen LogP contribution in [0.4, 0.5) is 11.4 Å². The van der Waals surface area contributed by atoms with Gasteiger partial charge in [0.15, 0.2) is 0 Å². The lowest BCUT2D eigenvalue weighted by Crippen LogP contribution is -2.36. The van der Waals surface area contributed by atoms with E-state index in [0.717, 1.165) is 0 Å². The summed E-state index contributed by atoms with van der Waals surface area (Å²) in [4.78, 5) is 38.8. The van der Waals surface area contributed by atoms with Crippen LogP contribution in [0.25, 0.3) is 10.9 Å². The van der Waals surface area contributed by atoms with E-state index < -0.39 is 17.7 Å². The number of carbonyl (C=O) groups excluding carboxylic acids is 3. The fourth-order valence-electron chi connectivity index (χ4n) is 3.52. The molecule has 1 heterocycles. The van der Waals surface area contributed by atoms with Gasteiger partial charge in [-0.05, 0) is 42.5 Å². The molecule has 0 radical (unpaired) electrons. The summed E-state index contributed by atoms with van der Waals surface area (Å²) in [5.74, 6) is -1.79. The third-order valence-electron chi connectivity index (χ3n) is 5.19. The number of carbonyl (C=O) groups is 3. The second-order valence-electron chi connectivity index (χ2n) is 7.44. The van der Waals surface area contributed by atoms with Gasteiger partial charge >= 0.3 is 11.8 Å². The fraction of sp³-hybridized carbons (Fsp3) is 0.0800. The molecule has 11 heteroatoms. The first-order valence-electron chi connectivity index (χ1n) is 10.5. The highest BCUT2D eigenvalue weighted by atomic mass is 35.5. The molecule has 4 aromatic rings. The molecule has 0 spiro atoms. The molecule has 9 nitrogen and oxygen atoms in total. The molecule has 4 rings (SSSR count). The first-order valence-corrected chi connectivity index (χ1v) is 11.3. The molecule has 0 unspecified atom stereocenters. The average molecular weight is 527 g/mol. The molecule has 1 aromatic heterocycles. The van der Waals surface area contributed by atoms with Crippen LogP contribution >= 0.6 is 23.2 Å². The van der Waals surface area contributed by atoms with Gasteiger partial charge in [-0.15, -0.1) is 0 Å². The van der Waals surface area contributed by atoms with Gasteiger partial charge in [-0.25, -0.2) is 4.68 Å². The maximum Gasteiger partial charge on any atom is 0.328 e. The van der Waals surface area contributed by atoms with Gasteiger partial charge in [0.05, 0.1) is 30.0 Å². The quantitative estimate of drug-likeness (QED) is 0.308. The monoisotopic (exact) mass is 526 g/mol. The first-order chi connectivity index (χ1) is 17.3. The summed E-state index contributed by atoms with van der Waals surface area (Å²) in [6, 6.07) is 18.0. The number of fused-ring (bicyclic) bond motifs is 1. The molecule has 0 atom stereocenters. The third kappa shape index (κ3) is 5.07. The molecule has 3 amide bonds. The van der Waals surface area contributed by atoms with E-state index in [1.54, 1.807) is 60.7 Å². The summed E-state index contributed by atoms with van der Waals surface area (Å²) < 4.78 is 11.8. The van der Waals surface area contributed by atoms with Crippen molar-refractivity contribution >= 4 is 63.2 Å². The Labute approximate surface area is 215 Å². The van der Waals surface area contributed by atoms with Crippen molar-refractivity contribution in [2.75, 3.05) is 30.3 Å². The number of anilines is 2. The Kier molecular flexibility index (Phi) is 7.33. The van der Waals surface area contributed by atoms with Crippen LogP contribution in [-0.2, 0) is 9.59 Å². The SMILES string of the molecule is COc1ccccc1NC(=O)C(=O)Nn1c(C(=O)Nc2ccc(Cl)c(Cl)c2)cc2cccc(OC)c21. The number of methoxy groups -OCH3 is 2. The van der Waals surface area contributed by atoms with E-state index in [1.165, 1.54) is 25.0 Å². The molecule has 184 valence electrons. The van der Waals surface area contributed by atoms with E-state index in [-0.39, 0.29) is 10.7 Å². The van der Waals surface area contributed by atoms with Gasteiger partial charge in [-0.2, -0.15) is 0 Å². The molecule has 0 aliphatic rings. The summed E-state index contributed by atoms with van der Waals surface area (Å²) in [6.45, 7) is 0. The second kappa shape index (κ2) is 10.6. The minimum atomic E-state index is -1.02. The highest BCUT2D eigenvalue weighted by molar-refractivity contribution is 6.43. The van der Waals surface area contributed by atoms with Crippen molar-refractivity contribution < 1.29 is 23.9 Å². The number of benzene rings is 3. The van der Waals surface area contributed by atoms with E-state index >= 15 is 0 Å². The highest BCUT2D eigenvalue weighted by Crippen LogP contribution is 2.30. The van der Waals surface area contributed by atoms with Gasteiger partial charge < -0.3 is 20.1 Å². The normalized spacial score (nSPS) is 10.6. The predicted octanol–water partition coefficient (Wildman–Crippen LogP) is 4.93. The number of amides is 3. The van der Waals surface area contributed by atoms with E-state index in [1.807, 2.05) is 0 Å². The molecular weight excluding hydrogens is 507 g/mol. The van der Waals surface area contributed by atoms with Crippen molar-refractivity contribution in [2.24, 2.45) is 0 Å². The molecule has 0 aliphatic carbocycles. The van der Waals surface area contributed by atoms with Crippen LogP contribution in [0, 0.1) is 0 Å². The standard InChI is InChI=1S/C25H20Cl2N4O5/c1-35-20-8-4-3-7-18(20)29-24(33)25(34)30-31-19(12-14-6-5-9-21(36-2)22(14)31)23(32)28-15-10-11-16(26)17(27)13-15/h3-13H,1-2H3,(H,28,32)(H,29,33)(H,30,34). The number of nitrogens with zero attached hydrogens (tertiary/aromatic N) is 1. The average Bonchev–Trinajstić information content (AvgIpc) is 3.25. The Morgan fingerprint density at radius 3 is 2.22 bits per heavy atom. The zero-order valence-electron chi connectivity index (χ0n) is 19.1. The maximum absolute atomic E-state index is 13.2. The van der Waals surface area contributed by atoms with Crippen molar-refractivity contribution in [3.05, 3.63) is 82.5 Å². The highest BCUT2D eigenvalue weighted by Gasteiger charge is 2.23. The minimum absolute atomic E-state index is 0.0408. The van der Waals surface area contributed by atoms with E-state index in [4.69, 9.17) is 32.7 Å². The van der Waals surface area contributed by atoms with E-state index in [9.17, 15) is 14.4 Å². The molecule has 0 bridgehead atoms. The molecule has 0 saturated heterocycles. The predicted molar refractivity (Wildman–Crippen MR) is 139 cm³/mol. The summed E-state index contributed by atoms with van der Waals surface area (Å²) in [5.41, 5.74) is 3.62. The Balaban J connectivity index is 1.67. The summed E-state index contributed by atoms with van der Waals surface area (Å²) in [5, 5.41) is 6.41. The summed E-state index contributed by atoms with van der Waals surface area (Å²) in [6.07, 6.45) is 0. The van der Waals surface area contributed by atoms with Crippen molar-refractivity contribution in [1.29, 1.82) is 0 Å². The number of hydrogen-bond acceptors (Lipinski definition) is 5. The summed E-state index contributed by atoms with van der Waals surface area (Å²) >= 11 is 12.0. The van der Waals surface area contributed by atoms with Crippen LogP contribution in [0.2, 0.25) is 10.0 Å². The number of rotatable bonds is 6. The molecule has 3 aromatic carbocycles. The van der Waals surface area contributed by atoms with Gasteiger partial charge in [0.2, 0.25) is 0 Å². The van der Waals surface area contributed by atoms with Gasteiger partial charge in [0.1, 0.15) is 22.7 Å². The largest absolute Gasteiger partial charge is 0.495 e. The Morgan fingerprint density at radius 2 is 1.50 bits per heavy atom. The minimum Gasteiger partial charge on any atom is -0.495 e. The van der Waals surface area contributed by atoms with E-state index in [2.05, 4.69) is 16.1 Å². The van der Waals surface area contributed by atoms with E-state index in [0.29, 0.717) is 38.8 Å². The van der Waals surface area contributed by atoms with Crippen LogP contribution in [0.15, 0.2) is 66.7 Å². The van der Waals surface area contributed by atoms with Crippen LogP contribution in [0.3, 0.4) is 0 Å². The van der Waals surface area contributed by atoms with Crippen molar-refractivity contribution in [2.45, 2.75) is 0 Å². The molecular formula is C25H20Cl2N4O5. The molecule has 3 N–H and O–H groups in total. The second-order valence-corrected chi connectivity index (χ2v) is 8.26. The number of halogens is 2. The van der Waals surface area contributed by atoms with Gasteiger partial charge in [-0.3, -0.25) is 19.8 Å². The van der Waals surface area contributed by atoms with Crippen molar-refractivity contribution in [1.82, 2.24) is 4.68 Å². The van der Waals surface area contributed by atoms with Crippen LogP contribution in [0.1, 0.15) is 10.5 Å². The van der Waals surface area contributed by atoms with Crippen molar-refractivity contribution in [3.8, 4) is 11.5 Å². The Hall–Kier alpha value is -4.21. The lowest BCUT2D eigenvalue weighted by molar-refractivity contribution is -0.133. The van der Waals surface area contributed by atoms with Crippen LogP contribution < -0.4 is 25.5 Å². The molecule has 0 fully saturated rings. The molecule has 0 aliphatic heterocycles. The number of ether oxygens (including phenoxy) is 2. The molecule has 36 heavy (non-hydrogen) atoms. The molecule has 0 saturated carbocycles. The Bertz CT molecular complexity index is 1480. The number of nitrogens with one attached hydrogen (secondary N) is 3. The summed E-state index contributed by atoms with van der Waals surface area (Å²) in [7, 11) is 2.90. The third-order valence-corrected chi connectivity index (χ3v) is 5.93. The van der Waals surface area contributed by atoms with Gasteiger partial charge in [0, 0.05) is 11.1 Å².